The van der Waals surface area contributed by atoms with Gasteiger partial charge >= 0.3 is 12.1 Å². The lowest BCUT2D eigenvalue weighted by Gasteiger charge is -2.29. The highest BCUT2D eigenvalue weighted by Gasteiger charge is 2.31. The summed E-state index contributed by atoms with van der Waals surface area (Å²) in [5.41, 5.74) is 8.14. The van der Waals surface area contributed by atoms with Gasteiger partial charge in [-0.15, -0.1) is 5.10 Å². The summed E-state index contributed by atoms with van der Waals surface area (Å²) in [5, 5.41) is 12.0. The molecule has 1 heterocycles. The molecule has 0 aliphatic heterocycles. The number of urea groups is 1. The first-order valence-electron chi connectivity index (χ1n) is 13.8. The third kappa shape index (κ3) is 5.77. The van der Waals surface area contributed by atoms with E-state index in [-0.39, 0.29) is 18.4 Å². The summed E-state index contributed by atoms with van der Waals surface area (Å²) in [6.45, 7) is 7.55. The minimum Gasteiger partial charge on any atom is -0.447 e. The maximum Gasteiger partial charge on any atom is 0.426 e. The first kappa shape index (κ1) is 27.8. The van der Waals surface area contributed by atoms with Crippen molar-refractivity contribution in [2.75, 3.05) is 6.61 Å². The molecule has 1 aliphatic carbocycles. The maximum atomic E-state index is 13.5. The molecule has 0 saturated carbocycles. The number of aromatic nitrogens is 3. The fraction of sp³-hybridized carbons (Fsp3) is 0.323. The van der Waals surface area contributed by atoms with Crippen LogP contribution in [-0.4, -0.2) is 56.7 Å². The molecule has 0 unspecified atom stereocenters. The van der Waals surface area contributed by atoms with Gasteiger partial charge in [-0.05, 0) is 60.6 Å². The van der Waals surface area contributed by atoms with E-state index in [0.717, 1.165) is 27.3 Å². The van der Waals surface area contributed by atoms with Gasteiger partial charge in [-0.25, -0.2) is 20.0 Å². The topological polar surface area (TPSA) is 118 Å². The third-order valence-corrected chi connectivity index (χ3v) is 7.15. The Bertz CT molecular complexity index is 1530. The number of carbonyl (C=O) groups is 3. The van der Waals surface area contributed by atoms with Crippen molar-refractivity contribution >= 4 is 29.1 Å². The van der Waals surface area contributed by atoms with Crippen molar-refractivity contribution in [2.24, 2.45) is 5.92 Å². The minimum atomic E-state index is -0.891. The molecule has 0 bridgehead atoms. The van der Waals surface area contributed by atoms with Crippen molar-refractivity contribution in [2.45, 2.75) is 52.1 Å². The Morgan fingerprint density at radius 3 is 2.15 bits per heavy atom. The quantitative estimate of drug-likeness (QED) is 0.297. The highest BCUT2D eigenvalue weighted by Crippen LogP contribution is 2.44. The molecule has 10 nitrogen and oxygen atoms in total. The van der Waals surface area contributed by atoms with Crippen molar-refractivity contribution in [3.8, 4) is 11.1 Å². The summed E-state index contributed by atoms with van der Waals surface area (Å²) >= 11 is 0. The molecule has 0 radical (unpaired) electrons. The molecule has 4 aromatic rings. The van der Waals surface area contributed by atoms with Crippen LogP contribution >= 0.6 is 0 Å². The number of nitrogens with zero attached hydrogens (tertiary/aromatic N) is 4. The van der Waals surface area contributed by atoms with Crippen molar-refractivity contribution < 1.29 is 19.1 Å². The molecular formula is C31H34N6O4. The van der Waals surface area contributed by atoms with E-state index >= 15 is 0 Å². The molecule has 10 heteroatoms. The number of amides is 3. The first-order chi connectivity index (χ1) is 19.7. The number of para-hydroxylation sites is 1. The third-order valence-electron chi connectivity index (χ3n) is 7.15. The largest absolute Gasteiger partial charge is 0.447 e. The van der Waals surface area contributed by atoms with E-state index in [1.807, 2.05) is 56.3 Å². The van der Waals surface area contributed by atoms with Crippen LogP contribution in [0.1, 0.15) is 56.0 Å². The van der Waals surface area contributed by atoms with Gasteiger partial charge in [0.25, 0.3) is 5.91 Å². The Morgan fingerprint density at radius 1 is 0.902 bits per heavy atom. The molecule has 0 spiro atoms. The molecule has 3 aromatic carbocycles. The van der Waals surface area contributed by atoms with Gasteiger partial charge in [0, 0.05) is 12.0 Å². The number of hydrogen-bond acceptors (Lipinski definition) is 6. The van der Waals surface area contributed by atoms with E-state index in [4.69, 9.17) is 4.74 Å². The zero-order valence-electron chi connectivity index (χ0n) is 23.6. The maximum absolute atomic E-state index is 13.5. The standard InChI is InChI=1S/C31H34N6O4/c1-19(2)17-27(29(38)37-28-16-10-9-15-26(28)33-35-37)32-30(39)36(20(3)4)34-31(40)41-18-25-23-13-7-5-11-21(23)22-12-6-8-14-24(22)25/h5-16,19-20,25,27H,17-18H2,1-4H3,(H,32,39)(H,34,40)/t27-/m0/s1. The van der Waals surface area contributed by atoms with Crippen LogP contribution in [0.25, 0.3) is 22.2 Å². The molecule has 1 aliphatic rings. The van der Waals surface area contributed by atoms with Crippen LogP contribution in [0.2, 0.25) is 0 Å². The lowest BCUT2D eigenvalue weighted by Crippen LogP contribution is -2.57. The average molecular weight is 555 g/mol. The second kappa shape index (κ2) is 11.8. The van der Waals surface area contributed by atoms with Crippen LogP contribution < -0.4 is 10.7 Å². The Morgan fingerprint density at radius 2 is 1.51 bits per heavy atom. The predicted octanol–water partition coefficient (Wildman–Crippen LogP) is 5.36. The number of carbonyl (C=O) groups excluding carboxylic acids is 3. The Labute approximate surface area is 238 Å². The first-order valence-corrected chi connectivity index (χ1v) is 13.8. The smallest absolute Gasteiger partial charge is 0.426 e. The van der Waals surface area contributed by atoms with E-state index < -0.39 is 30.1 Å². The van der Waals surface area contributed by atoms with Crippen molar-refractivity contribution in [1.82, 2.24) is 30.7 Å². The molecule has 1 aromatic heterocycles. The summed E-state index contributed by atoms with van der Waals surface area (Å²) in [6, 6.07) is 21.3. The molecule has 0 fully saturated rings. The Balaban J connectivity index is 1.27. The lowest BCUT2D eigenvalue weighted by molar-refractivity contribution is 0.0807. The van der Waals surface area contributed by atoms with Crippen LogP contribution in [0.15, 0.2) is 72.8 Å². The summed E-state index contributed by atoms with van der Waals surface area (Å²) in [7, 11) is 0. The summed E-state index contributed by atoms with van der Waals surface area (Å²) < 4.78 is 6.84. The summed E-state index contributed by atoms with van der Waals surface area (Å²) in [5.74, 6) is -0.424. The fourth-order valence-corrected chi connectivity index (χ4v) is 5.23. The van der Waals surface area contributed by atoms with Crippen LogP contribution in [0.3, 0.4) is 0 Å². The monoisotopic (exact) mass is 554 g/mol. The zero-order chi connectivity index (χ0) is 29.1. The van der Waals surface area contributed by atoms with Gasteiger partial charge in [-0.2, -0.15) is 4.68 Å². The van der Waals surface area contributed by atoms with E-state index in [0.29, 0.717) is 17.5 Å². The highest BCUT2D eigenvalue weighted by atomic mass is 16.6. The van der Waals surface area contributed by atoms with E-state index in [1.54, 1.807) is 32.0 Å². The molecule has 2 N–H and O–H groups in total. The predicted molar refractivity (Wildman–Crippen MR) is 155 cm³/mol. The highest BCUT2D eigenvalue weighted by molar-refractivity contribution is 5.94. The molecule has 3 amide bonds. The van der Waals surface area contributed by atoms with Gasteiger partial charge < -0.3 is 10.1 Å². The number of ether oxygens (including phenoxy) is 1. The van der Waals surface area contributed by atoms with Crippen LogP contribution in [0.5, 0.6) is 0 Å². The van der Waals surface area contributed by atoms with E-state index in [2.05, 4.69) is 33.2 Å². The number of hydrogen-bond donors (Lipinski definition) is 2. The van der Waals surface area contributed by atoms with Gasteiger partial charge in [0.1, 0.15) is 18.2 Å². The van der Waals surface area contributed by atoms with Gasteiger partial charge in [0.05, 0.1) is 5.52 Å². The van der Waals surface area contributed by atoms with Gasteiger partial charge in [-0.3, -0.25) is 4.79 Å². The number of hydrazine groups is 1. The molecule has 1 atom stereocenters. The minimum absolute atomic E-state index is 0.0987. The lowest BCUT2D eigenvalue weighted by atomic mass is 9.98. The van der Waals surface area contributed by atoms with Gasteiger partial charge in [-0.1, -0.05) is 79.7 Å². The van der Waals surface area contributed by atoms with E-state index in [9.17, 15) is 14.4 Å². The normalized spacial score (nSPS) is 13.1. The van der Waals surface area contributed by atoms with Crippen LogP contribution in [0.4, 0.5) is 9.59 Å². The Hall–Kier alpha value is -4.73. The van der Waals surface area contributed by atoms with Crippen molar-refractivity contribution in [3.63, 3.8) is 0 Å². The van der Waals surface area contributed by atoms with Gasteiger partial charge in [0.2, 0.25) is 0 Å². The number of fused-ring (bicyclic) bond motifs is 4. The molecule has 41 heavy (non-hydrogen) atoms. The number of nitrogens with one attached hydrogen (secondary N) is 2. The number of rotatable bonds is 7. The summed E-state index contributed by atoms with van der Waals surface area (Å²) in [4.78, 5) is 39.8. The van der Waals surface area contributed by atoms with Crippen LogP contribution in [0, 0.1) is 5.92 Å². The second-order valence-electron chi connectivity index (χ2n) is 10.9. The number of benzene rings is 3. The molecule has 5 rings (SSSR count). The molecular weight excluding hydrogens is 520 g/mol. The molecule has 212 valence electrons. The van der Waals surface area contributed by atoms with Crippen molar-refractivity contribution in [1.29, 1.82) is 0 Å². The second-order valence-corrected chi connectivity index (χ2v) is 10.9. The van der Waals surface area contributed by atoms with Crippen molar-refractivity contribution in [3.05, 3.63) is 83.9 Å². The average Bonchev–Trinajstić information content (AvgIpc) is 3.53. The SMILES string of the molecule is CC(C)C[C@H](NC(=O)N(NC(=O)OCC1c2ccccc2-c2ccccc21)C(C)C)C(=O)n1nnc2ccccc21. The van der Waals surface area contributed by atoms with E-state index in [1.165, 1.54) is 4.68 Å². The fourth-order valence-electron chi connectivity index (χ4n) is 5.23. The van der Waals surface area contributed by atoms with Gasteiger partial charge in [0.15, 0.2) is 0 Å². The Kier molecular flexibility index (Phi) is 8.00. The summed E-state index contributed by atoms with van der Waals surface area (Å²) in [6.07, 6.45) is -0.389. The molecule has 0 saturated heterocycles. The van der Waals surface area contributed by atoms with Crippen LogP contribution in [-0.2, 0) is 4.74 Å². The zero-order valence-corrected chi connectivity index (χ0v) is 23.6.